The molecule has 2 aliphatic heterocycles. The van der Waals surface area contributed by atoms with E-state index < -0.39 is 0 Å². The average Bonchev–Trinajstić information content (AvgIpc) is 3.12. The second kappa shape index (κ2) is 11.8. The van der Waals surface area contributed by atoms with E-state index in [4.69, 9.17) is 4.99 Å². The second-order valence-corrected chi connectivity index (χ2v) is 12.8. The molecule has 1 atom stereocenters. The van der Waals surface area contributed by atoms with Crippen LogP contribution in [0.15, 0.2) is 89.4 Å². The van der Waals surface area contributed by atoms with Crippen molar-refractivity contribution in [2.24, 2.45) is 10.9 Å². The molecule has 1 saturated carbocycles. The van der Waals surface area contributed by atoms with Crippen LogP contribution in [0.3, 0.4) is 0 Å². The van der Waals surface area contributed by atoms with E-state index in [0.29, 0.717) is 24.1 Å². The first-order valence-corrected chi connectivity index (χ1v) is 15.5. The molecule has 0 saturated heterocycles. The zero-order valence-electron chi connectivity index (χ0n) is 24.1. The molecule has 1 fully saturated rings. The van der Waals surface area contributed by atoms with Gasteiger partial charge >= 0.3 is 0 Å². The monoisotopic (exact) mass is 578 g/mol. The van der Waals surface area contributed by atoms with Crippen molar-refractivity contribution in [2.45, 2.75) is 57.3 Å². The number of benzene rings is 3. The van der Waals surface area contributed by atoms with Gasteiger partial charge in [0.15, 0.2) is 5.78 Å². The van der Waals surface area contributed by atoms with Gasteiger partial charge in [0.05, 0.1) is 10.7 Å². The van der Waals surface area contributed by atoms with E-state index in [-0.39, 0.29) is 28.8 Å². The Morgan fingerprint density at radius 1 is 1.02 bits per heavy atom. The summed E-state index contributed by atoms with van der Waals surface area (Å²) in [6.45, 7) is 2.07. The number of carbonyl (C=O) groups is 2. The van der Waals surface area contributed by atoms with E-state index in [0.717, 1.165) is 57.9 Å². The quantitative estimate of drug-likeness (QED) is 0.274. The summed E-state index contributed by atoms with van der Waals surface area (Å²) in [5, 5.41) is 3.68. The highest BCUT2D eigenvalue weighted by Gasteiger charge is 2.38. The van der Waals surface area contributed by atoms with Gasteiger partial charge in [0.2, 0.25) is 5.91 Å². The Bertz CT molecular complexity index is 1620. The van der Waals surface area contributed by atoms with Crippen LogP contribution in [-0.2, 0) is 10.2 Å². The lowest BCUT2D eigenvalue weighted by Crippen LogP contribution is -2.34. The van der Waals surface area contributed by atoms with Gasteiger partial charge in [0, 0.05) is 41.5 Å². The van der Waals surface area contributed by atoms with Crippen molar-refractivity contribution in [3.63, 3.8) is 0 Å². The number of aliphatic imine (C=N–C) groups is 1. The Labute approximate surface area is 251 Å². The number of Topliss-reactive ketones (excluding diaryl/α,β-unsaturated/α-hetero) is 1. The minimum absolute atomic E-state index is 0.0911. The van der Waals surface area contributed by atoms with E-state index in [1.165, 1.54) is 24.1 Å². The van der Waals surface area contributed by atoms with E-state index in [2.05, 4.69) is 42.6 Å². The Balaban J connectivity index is 1.26. The number of thioether (sulfide) groups is 1. The first kappa shape index (κ1) is 28.4. The van der Waals surface area contributed by atoms with Crippen molar-refractivity contribution in [3.8, 4) is 0 Å². The number of ketones is 1. The van der Waals surface area contributed by atoms with Gasteiger partial charge in [-0.25, -0.2) is 9.38 Å². The predicted octanol–water partition coefficient (Wildman–Crippen LogP) is 8.27. The van der Waals surface area contributed by atoms with Crippen LogP contribution in [0.1, 0.15) is 77.6 Å². The molecule has 4 nitrogen and oxygen atoms in total. The lowest BCUT2D eigenvalue weighted by Gasteiger charge is -2.42. The highest BCUT2D eigenvalue weighted by Crippen LogP contribution is 2.48. The summed E-state index contributed by atoms with van der Waals surface area (Å²) in [5.41, 5.74) is 6.28. The number of fused-ring (bicyclic) bond motifs is 2. The van der Waals surface area contributed by atoms with Crippen LogP contribution in [0, 0.1) is 18.7 Å². The van der Waals surface area contributed by atoms with E-state index in [1.807, 2.05) is 24.3 Å². The summed E-state index contributed by atoms with van der Waals surface area (Å²) in [7, 11) is 1.62. The lowest BCUT2D eigenvalue weighted by atomic mass is 9.62. The smallest absolute Gasteiger partial charge is 0.249 e. The Morgan fingerprint density at radius 3 is 2.48 bits per heavy atom. The van der Waals surface area contributed by atoms with Crippen molar-refractivity contribution in [1.29, 1.82) is 0 Å². The highest BCUT2D eigenvalue weighted by molar-refractivity contribution is 8.21. The van der Waals surface area contributed by atoms with Gasteiger partial charge in [-0.1, -0.05) is 66.7 Å². The molecule has 2 heterocycles. The summed E-state index contributed by atoms with van der Waals surface area (Å²) in [6, 6.07) is 22.8. The maximum Gasteiger partial charge on any atom is 0.249 e. The zero-order valence-corrected chi connectivity index (χ0v) is 24.9. The number of hydrogen-bond acceptors (Lipinski definition) is 4. The number of halogens is 1. The maximum absolute atomic E-state index is 13.7. The van der Waals surface area contributed by atoms with Crippen LogP contribution in [0.25, 0.3) is 10.6 Å². The third-order valence-electron chi connectivity index (χ3n) is 9.01. The largest absolute Gasteiger partial charge is 0.355 e. The minimum Gasteiger partial charge on any atom is -0.355 e. The fraction of sp³-hybridized carbons (Fsp3) is 0.306. The van der Waals surface area contributed by atoms with Crippen molar-refractivity contribution in [2.75, 3.05) is 7.05 Å². The Hall–Kier alpha value is -3.77. The number of amides is 1. The molecule has 0 aromatic heterocycles. The number of rotatable bonds is 8. The van der Waals surface area contributed by atoms with Gasteiger partial charge in [-0.2, -0.15) is 0 Å². The average molecular weight is 579 g/mol. The van der Waals surface area contributed by atoms with Crippen molar-refractivity contribution in [3.05, 3.63) is 118 Å². The number of allylic oxidation sites excluding steroid dienone is 1. The van der Waals surface area contributed by atoms with Gasteiger partial charge in [0.1, 0.15) is 5.82 Å². The van der Waals surface area contributed by atoms with Gasteiger partial charge in [-0.15, -0.1) is 0 Å². The van der Waals surface area contributed by atoms with Gasteiger partial charge < -0.3 is 5.32 Å². The molecule has 3 aromatic rings. The Morgan fingerprint density at radius 2 is 1.79 bits per heavy atom. The van der Waals surface area contributed by atoms with Gasteiger partial charge in [-0.05, 0) is 91.0 Å². The van der Waals surface area contributed by atoms with Crippen LogP contribution >= 0.6 is 11.8 Å². The summed E-state index contributed by atoms with van der Waals surface area (Å²) in [4.78, 5) is 32.5. The number of nitrogens with zero attached hydrogens (tertiary/aromatic N) is 1. The normalized spacial score (nSPS) is 19.3. The highest BCUT2D eigenvalue weighted by atomic mass is 32.2. The van der Waals surface area contributed by atoms with Crippen LogP contribution in [0.2, 0.25) is 0 Å². The molecule has 1 aliphatic carbocycles. The first-order valence-electron chi connectivity index (χ1n) is 14.7. The van der Waals surface area contributed by atoms with Crippen LogP contribution in [-0.4, -0.2) is 23.8 Å². The molecule has 1 amide bonds. The fourth-order valence-electron chi connectivity index (χ4n) is 6.43. The number of hydrogen-bond donors (Lipinski definition) is 1. The van der Waals surface area contributed by atoms with E-state index in [9.17, 15) is 14.0 Å². The molecular formula is C36H35FN2O2S. The van der Waals surface area contributed by atoms with Crippen LogP contribution in [0.4, 0.5) is 4.39 Å². The third-order valence-corrected chi connectivity index (χ3v) is 10.1. The molecule has 1 unspecified atom stereocenters. The molecule has 3 aliphatic rings. The first-order chi connectivity index (χ1) is 20.3. The molecular weight excluding hydrogens is 543 g/mol. The molecule has 6 heteroatoms. The molecule has 214 valence electrons. The number of carbonyl (C=O) groups excluding carboxylic acids is 2. The molecule has 3 aromatic carbocycles. The predicted molar refractivity (Wildman–Crippen MR) is 170 cm³/mol. The van der Waals surface area contributed by atoms with Crippen molar-refractivity contribution >= 4 is 39.1 Å². The summed E-state index contributed by atoms with van der Waals surface area (Å²) >= 11 is 1.60. The fourth-order valence-corrected chi connectivity index (χ4v) is 7.71. The third kappa shape index (κ3) is 5.65. The number of likely N-dealkylation sites (N-methyl/N-ethyl adjacent to an activating group) is 1. The molecule has 0 spiro atoms. The molecule has 42 heavy (non-hydrogen) atoms. The number of aryl methyl sites for hydroxylation is 1. The summed E-state index contributed by atoms with van der Waals surface area (Å²) < 4.78 is 13.7. The summed E-state index contributed by atoms with van der Waals surface area (Å²) in [5.74, 6) is -0.230. The van der Waals surface area contributed by atoms with Crippen molar-refractivity contribution < 1.29 is 14.0 Å². The molecule has 0 radical (unpaired) electrons. The Kier molecular flexibility index (Phi) is 8.00. The van der Waals surface area contributed by atoms with Gasteiger partial charge in [0.25, 0.3) is 0 Å². The lowest BCUT2D eigenvalue weighted by molar-refractivity contribution is -0.117. The molecule has 2 bridgehead atoms. The molecule has 1 N–H and O–H groups in total. The van der Waals surface area contributed by atoms with Gasteiger partial charge in [-0.3, -0.25) is 9.59 Å². The van der Waals surface area contributed by atoms with E-state index >= 15 is 0 Å². The SMILES string of the molecule is CNC(=O)C1=C(c2ccc(F)cc2)N=C2CC(C=C(c3cc(C(=O)CCC4(c5ccccc5)CCC4)ccc3C)S2)C1. The zero-order chi connectivity index (χ0) is 29.3. The van der Waals surface area contributed by atoms with Crippen molar-refractivity contribution in [1.82, 2.24) is 5.32 Å². The van der Waals surface area contributed by atoms with Crippen LogP contribution in [0.5, 0.6) is 0 Å². The standard InChI is InChI=1S/C36H35FN2O2S/c1-23-9-10-26(31(40)15-18-36(16-6-17-36)27-7-4-3-5-8-27)22-29(23)32-20-24-19-30(35(41)38-2)34(39-33(21-24)42-32)25-11-13-28(37)14-12-25/h3-5,7-14,20,22,24H,6,15-19,21H2,1-2H3,(H,38,41). The van der Waals surface area contributed by atoms with Crippen LogP contribution < -0.4 is 5.32 Å². The number of nitrogens with one attached hydrogen (secondary N) is 1. The minimum atomic E-state index is -0.327. The van der Waals surface area contributed by atoms with E-state index in [1.54, 1.807) is 30.9 Å². The summed E-state index contributed by atoms with van der Waals surface area (Å²) in [6.07, 6.45) is 8.39. The molecule has 6 rings (SSSR count). The topological polar surface area (TPSA) is 58.5 Å². The maximum atomic E-state index is 13.7. The second-order valence-electron chi connectivity index (χ2n) is 11.7.